The molecule has 2 nitrogen and oxygen atoms in total. The van der Waals surface area contributed by atoms with Crippen LogP contribution in [-0.4, -0.2) is 5.11 Å². The summed E-state index contributed by atoms with van der Waals surface area (Å²) in [6.45, 7) is 8.45. The summed E-state index contributed by atoms with van der Waals surface area (Å²) in [5, 5.41) is 10.5. The molecule has 0 aliphatic heterocycles. The van der Waals surface area contributed by atoms with Gasteiger partial charge in [-0.1, -0.05) is 45.0 Å². The second-order valence-electron chi connectivity index (χ2n) is 5.23. The second-order valence-corrected chi connectivity index (χ2v) is 5.23. The third-order valence-corrected chi connectivity index (χ3v) is 3.19. The van der Waals surface area contributed by atoms with Gasteiger partial charge in [0.25, 0.3) is 0 Å². The molecular formula is C13H21NO. The molecule has 0 aliphatic rings. The minimum atomic E-state index is -0.835. The van der Waals surface area contributed by atoms with E-state index in [9.17, 15) is 5.11 Å². The molecule has 0 heterocycles. The van der Waals surface area contributed by atoms with Crippen LogP contribution in [0.3, 0.4) is 0 Å². The molecule has 1 aromatic carbocycles. The molecular weight excluding hydrogens is 186 g/mol. The molecule has 1 unspecified atom stereocenters. The van der Waals surface area contributed by atoms with E-state index in [4.69, 9.17) is 5.73 Å². The number of rotatable bonds is 2. The molecule has 0 amide bonds. The van der Waals surface area contributed by atoms with Crippen LogP contribution in [0.25, 0.3) is 0 Å². The topological polar surface area (TPSA) is 46.2 Å². The maximum absolute atomic E-state index is 10.5. The molecule has 15 heavy (non-hydrogen) atoms. The van der Waals surface area contributed by atoms with Gasteiger partial charge in [-0.25, -0.2) is 0 Å². The highest BCUT2D eigenvalue weighted by molar-refractivity contribution is 5.29. The van der Waals surface area contributed by atoms with Gasteiger partial charge in [0, 0.05) is 6.54 Å². The third kappa shape index (κ3) is 2.39. The van der Waals surface area contributed by atoms with Crippen LogP contribution >= 0.6 is 0 Å². The molecule has 0 radical (unpaired) electrons. The number of hydrogen-bond donors (Lipinski definition) is 2. The average Bonchev–Trinajstić information content (AvgIpc) is 2.16. The lowest BCUT2D eigenvalue weighted by atomic mass is 9.73. The van der Waals surface area contributed by atoms with E-state index in [1.54, 1.807) is 0 Å². The molecule has 1 rings (SSSR count). The number of benzene rings is 1. The summed E-state index contributed by atoms with van der Waals surface area (Å²) in [6.07, 6.45) is 0. The van der Waals surface area contributed by atoms with Gasteiger partial charge in [-0.3, -0.25) is 0 Å². The average molecular weight is 207 g/mol. The van der Waals surface area contributed by atoms with Crippen molar-refractivity contribution in [2.24, 2.45) is 11.1 Å². The minimum absolute atomic E-state index is 0.194. The molecule has 0 aliphatic carbocycles. The molecule has 0 saturated carbocycles. The highest BCUT2D eigenvalue weighted by Crippen LogP contribution is 2.38. The molecule has 0 spiro atoms. The zero-order valence-corrected chi connectivity index (χ0v) is 10.0. The summed E-state index contributed by atoms with van der Waals surface area (Å²) in [7, 11) is 0. The molecule has 0 saturated heterocycles. The van der Waals surface area contributed by atoms with Gasteiger partial charge in [-0.05, 0) is 23.5 Å². The van der Waals surface area contributed by atoms with Gasteiger partial charge in [0.1, 0.15) is 0 Å². The molecule has 0 aromatic heterocycles. The van der Waals surface area contributed by atoms with E-state index >= 15 is 0 Å². The van der Waals surface area contributed by atoms with Gasteiger partial charge in [0.2, 0.25) is 0 Å². The Balaban J connectivity index is 3.15. The van der Waals surface area contributed by atoms with Crippen LogP contribution in [0.2, 0.25) is 0 Å². The Hall–Kier alpha value is -0.860. The predicted molar refractivity (Wildman–Crippen MR) is 63.4 cm³/mol. The Labute approximate surface area is 92.1 Å². The lowest BCUT2D eigenvalue weighted by Crippen LogP contribution is -2.36. The van der Waals surface area contributed by atoms with Gasteiger partial charge in [0.15, 0.2) is 0 Å². The summed E-state index contributed by atoms with van der Waals surface area (Å²) >= 11 is 0. The molecule has 1 atom stereocenters. The fourth-order valence-electron chi connectivity index (χ4n) is 1.43. The first kappa shape index (κ1) is 12.2. The quantitative estimate of drug-likeness (QED) is 0.782. The van der Waals surface area contributed by atoms with Crippen LogP contribution in [0.1, 0.15) is 38.8 Å². The largest absolute Gasteiger partial charge is 0.385 e. The number of nitrogens with two attached hydrogens (primary N) is 1. The number of aliphatic hydroxyl groups is 1. The smallest absolute Gasteiger partial charge is 0.0916 e. The monoisotopic (exact) mass is 207 g/mol. The van der Waals surface area contributed by atoms with E-state index in [0.717, 1.165) is 11.1 Å². The van der Waals surface area contributed by atoms with Crippen molar-refractivity contribution in [1.82, 2.24) is 0 Å². The molecule has 0 bridgehead atoms. The Morgan fingerprint density at radius 3 is 2.27 bits per heavy atom. The first-order valence-electron chi connectivity index (χ1n) is 5.31. The molecule has 84 valence electrons. The van der Waals surface area contributed by atoms with Crippen molar-refractivity contribution >= 4 is 0 Å². The van der Waals surface area contributed by atoms with Gasteiger partial charge in [-0.2, -0.15) is 0 Å². The van der Waals surface area contributed by atoms with Gasteiger partial charge < -0.3 is 10.8 Å². The summed E-state index contributed by atoms with van der Waals surface area (Å²) in [5.41, 5.74) is 6.54. The summed E-state index contributed by atoms with van der Waals surface area (Å²) < 4.78 is 0. The van der Waals surface area contributed by atoms with Crippen LogP contribution in [0, 0.1) is 5.41 Å². The fourth-order valence-corrected chi connectivity index (χ4v) is 1.43. The van der Waals surface area contributed by atoms with E-state index in [1.807, 2.05) is 52.0 Å². The highest BCUT2D eigenvalue weighted by atomic mass is 16.3. The second kappa shape index (κ2) is 3.95. The Morgan fingerprint density at radius 1 is 1.20 bits per heavy atom. The lowest BCUT2D eigenvalue weighted by Gasteiger charge is -2.37. The first-order chi connectivity index (χ1) is 6.79. The lowest BCUT2D eigenvalue weighted by molar-refractivity contribution is -0.0470. The van der Waals surface area contributed by atoms with E-state index in [0.29, 0.717) is 6.54 Å². The van der Waals surface area contributed by atoms with Crippen molar-refractivity contribution in [2.75, 3.05) is 0 Å². The van der Waals surface area contributed by atoms with Crippen molar-refractivity contribution in [3.05, 3.63) is 35.4 Å². The Kier molecular flexibility index (Phi) is 3.22. The molecule has 2 heteroatoms. The van der Waals surface area contributed by atoms with Crippen LogP contribution in [0.4, 0.5) is 0 Å². The van der Waals surface area contributed by atoms with E-state index in [1.165, 1.54) is 0 Å². The summed E-state index contributed by atoms with van der Waals surface area (Å²) in [5.74, 6) is 0. The minimum Gasteiger partial charge on any atom is -0.385 e. The zero-order chi connectivity index (χ0) is 11.7. The van der Waals surface area contributed by atoms with Crippen molar-refractivity contribution < 1.29 is 5.11 Å². The van der Waals surface area contributed by atoms with Crippen LogP contribution in [-0.2, 0) is 12.1 Å². The van der Waals surface area contributed by atoms with E-state index in [2.05, 4.69) is 0 Å². The van der Waals surface area contributed by atoms with Crippen LogP contribution < -0.4 is 5.73 Å². The summed E-state index contributed by atoms with van der Waals surface area (Å²) in [4.78, 5) is 0. The van der Waals surface area contributed by atoms with Gasteiger partial charge >= 0.3 is 0 Å². The molecule has 3 N–H and O–H groups in total. The molecule has 1 aromatic rings. The third-order valence-electron chi connectivity index (χ3n) is 3.19. The van der Waals surface area contributed by atoms with Crippen molar-refractivity contribution in [3.8, 4) is 0 Å². The maximum atomic E-state index is 10.5. The fraction of sp³-hybridized carbons (Fsp3) is 0.538. The van der Waals surface area contributed by atoms with Crippen molar-refractivity contribution in [3.63, 3.8) is 0 Å². The Bertz CT molecular complexity index is 337. The zero-order valence-electron chi connectivity index (χ0n) is 10.0. The SMILES string of the molecule is CC(C)(C)C(C)(O)c1cccc(CN)c1. The summed E-state index contributed by atoms with van der Waals surface area (Å²) in [6, 6.07) is 7.84. The van der Waals surface area contributed by atoms with Crippen molar-refractivity contribution in [2.45, 2.75) is 39.8 Å². The van der Waals surface area contributed by atoms with Crippen LogP contribution in [0.15, 0.2) is 24.3 Å². The first-order valence-corrected chi connectivity index (χ1v) is 5.31. The molecule has 0 fully saturated rings. The van der Waals surface area contributed by atoms with Gasteiger partial charge in [0.05, 0.1) is 5.60 Å². The standard InChI is InChI=1S/C13H21NO/c1-12(2,3)13(4,15)11-7-5-6-10(8-11)9-14/h5-8,15H,9,14H2,1-4H3. The normalized spacial score (nSPS) is 16.1. The van der Waals surface area contributed by atoms with E-state index < -0.39 is 5.60 Å². The van der Waals surface area contributed by atoms with Gasteiger partial charge in [-0.15, -0.1) is 0 Å². The van der Waals surface area contributed by atoms with Crippen molar-refractivity contribution in [1.29, 1.82) is 0 Å². The van der Waals surface area contributed by atoms with E-state index in [-0.39, 0.29) is 5.41 Å². The number of hydrogen-bond acceptors (Lipinski definition) is 2. The van der Waals surface area contributed by atoms with Crippen LogP contribution in [0.5, 0.6) is 0 Å². The highest BCUT2D eigenvalue weighted by Gasteiger charge is 2.36. The Morgan fingerprint density at radius 2 is 1.80 bits per heavy atom. The predicted octanol–water partition coefficient (Wildman–Crippen LogP) is 2.40. The maximum Gasteiger partial charge on any atom is 0.0916 e.